The summed E-state index contributed by atoms with van der Waals surface area (Å²) in [5, 5.41) is 4.60. The smallest absolute Gasteiger partial charge is 0.313 e. The molecule has 23 heavy (non-hydrogen) atoms. The minimum absolute atomic E-state index is 0.0859. The van der Waals surface area contributed by atoms with Gasteiger partial charge in [0.2, 0.25) is 0 Å². The summed E-state index contributed by atoms with van der Waals surface area (Å²) in [6.07, 6.45) is 0. The van der Waals surface area contributed by atoms with Gasteiger partial charge < -0.3 is 16.4 Å². The summed E-state index contributed by atoms with van der Waals surface area (Å²) in [6, 6.07) is 11.9. The van der Waals surface area contributed by atoms with Crippen LogP contribution in [0.4, 0.5) is 10.1 Å². The van der Waals surface area contributed by atoms with Gasteiger partial charge >= 0.3 is 11.8 Å². The largest absolute Gasteiger partial charge is 0.366 e. The van der Waals surface area contributed by atoms with Crippen molar-refractivity contribution in [1.29, 1.82) is 0 Å². The molecule has 7 heteroatoms. The topological polar surface area (TPSA) is 101 Å². The van der Waals surface area contributed by atoms with Crippen LogP contribution in [-0.2, 0) is 16.1 Å². The monoisotopic (exact) mass is 315 g/mol. The molecule has 0 fully saturated rings. The minimum atomic E-state index is -0.977. The number of para-hydroxylation sites is 1. The maximum atomic E-state index is 13.4. The molecule has 2 rings (SSSR count). The molecule has 3 amide bonds. The van der Waals surface area contributed by atoms with E-state index in [-0.39, 0.29) is 23.4 Å². The second kappa shape index (κ2) is 7.17. The van der Waals surface area contributed by atoms with E-state index in [1.54, 1.807) is 18.2 Å². The third-order valence-corrected chi connectivity index (χ3v) is 3.04. The van der Waals surface area contributed by atoms with Crippen molar-refractivity contribution in [2.75, 3.05) is 5.32 Å². The van der Waals surface area contributed by atoms with E-state index in [1.165, 1.54) is 30.3 Å². The quantitative estimate of drug-likeness (QED) is 0.738. The fraction of sp³-hybridized carbons (Fsp3) is 0.0625. The summed E-state index contributed by atoms with van der Waals surface area (Å²) in [5.41, 5.74) is 5.66. The van der Waals surface area contributed by atoms with Crippen LogP contribution in [0.25, 0.3) is 0 Å². The zero-order chi connectivity index (χ0) is 16.8. The Morgan fingerprint density at radius 1 is 0.957 bits per heavy atom. The number of halogens is 1. The predicted molar refractivity (Wildman–Crippen MR) is 81.8 cm³/mol. The summed E-state index contributed by atoms with van der Waals surface area (Å²) < 4.78 is 13.4. The van der Waals surface area contributed by atoms with Crippen LogP contribution in [0.1, 0.15) is 15.9 Å². The summed E-state index contributed by atoms with van der Waals surface area (Å²) >= 11 is 0. The molecule has 6 nitrogen and oxygen atoms in total. The van der Waals surface area contributed by atoms with Gasteiger partial charge in [-0.3, -0.25) is 14.4 Å². The predicted octanol–water partition coefficient (Wildman–Crippen LogP) is 1.18. The normalized spacial score (nSPS) is 9.96. The van der Waals surface area contributed by atoms with Gasteiger partial charge in [-0.2, -0.15) is 0 Å². The number of amides is 3. The number of hydrogen-bond acceptors (Lipinski definition) is 3. The van der Waals surface area contributed by atoms with Gasteiger partial charge in [0.05, 0.1) is 11.3 Å². The van der Waals surface area contributed by atoms with Crippen molar-refractivity contribution < 1.29 is 18.8 Å². The molecule has 2 aromatic rings. The molecule has 0 aromatic heterocycles. The second-order valence-electron chi connectivity index (χ2n) is 4.64. The van der Waals surface area contributed by atoms with Crippen molar-refractivity contribution in [1.82, 2.24) is 5.32 Å². The number of benzene rings is 2. The molecule has 0 spiro atoms. The Hall–Kier alpha value is -3.22. The van der Waals surface area contributed by atoms with Gasteiger partial charge in [-0.1, -0.05) is 30.3 Å². The highest BCUT2D eigenvalue weighted by Gasteiger charge is 2.16. The van der Waals surface area contributed by atoms with Crippen molar-refractivity contribution in [3.8, 4) is 0 Å². The van der Waals surface area contributed by atoms with Crippen LogP contribution in [-0.4, -0.2) is 17.7 Å². The molecular formula is C16H14FN3O3. The molecule has 0 aliphatic heterocycles. The molecule has 118 valence electrons. The van der Waals surface area contributed by atoms with E-state index in [2.05, 4.69) is 10.6 Å². The minimum Gasteiger partial charge on any atom is -0.366 e. The Morgan fingerprint density at radius 3 is 2.30 bits per heavy atom. The van der Waals surface area contributed by atoms with Crippen molar-refractivity contribution in [3.05, 3.63) is 65.5 Å². The summed E-state index contributed by atoms with van der Waals surface area (Å²) in [7, 11) is 0. The van der Waals surface area contributed by atoms with E-state index in [1.807, 2.05) is 0 Å². The van der Waals surface area contributed by atoms with E-state index >= 15 is 0 Å². The first-order valence-corrected chi connectivity index (χ1v) is 6.70. The lowest BCUT2D eigenvalue weighted by Crippen LogP contribution is -2.35. The Morgan fingerprint density at radius 2 is 1.61 bits per heavy atom. The van der Waals surface area contributed by atoms with E-state index in [9.17, 15) is 18.8 Å². The molecule has 0 bridgehead atoms. The Labute approximate surface area is 131 Å². The van der Waals surface area contributed by atoms with Crippen LogP contribution in [0.5, 0.6) is 0 Å². The number of anilines is 1. The molecular weight excluding hydrogens is 301 g/mol. The van der Waals surface area contributed by atoms with Gasteiger partial charge in [0.15, 0.2) is 0 Å². The van der Waals surface area contributed by atoms with E-state index in [4.69, 9.17) is 5.73 Å². The van der Waals surface area contributed by atoms with Gasteiger partial charge in [-0.05, 0) is 18.2 Å². The maximum absolute atomic E-state index is 13.4. The van der Waals surface area contributed by atoms with Gasteiger partial charge in [0.25, 0.3) is 5.91 Å². The first-order chi connectivity index (χ1) is 11.0. The molecule has 0 radical (unpaired) electrons. The SMILES string of the molecule is NC(=O)c1ccccc1NC(=O)C(=O)NCc1ccccc1F. The number of rotatable bonds is 4. The number of primary amides is 1. The molecule has 4 N–H and O–H groups in total. The molecule has 2 aromatic carbocycles. The number of nitrogens with two attached hydrogens (primary N) is 1. The number of nitrogens with one attached hydrogen (secondary N) is 2. The van der Waals surface area contributed by atoms with Gasteiger partial charge in [0.1, 0.15) is 5.82 Å². The average Bonchev–Trinajstić information content (AvgIpc) is 2.54. The fourth-order valence-electron chi connectivity index (χ4n) is 1.88. The fourth-order valence-corrected chi connectivity index (χ4v) is 1.88. The Kier molecular flexibility index (Phi) is 5.03. The third-order valence-electron chi connectivity index (χ3n) is 3.04. The Bertz CT molecular complexity index is 762. The average molecular weight is 315 g/mol. The molecule has 0 saturated carbocycles. The number of hydrogen-bond donors (Lipinski definition) is 3. The lowest BCUT2D eigenvalue weighted by atomic mass is 10.1. The highest BCUT2D eigenvalue weighted by molar-refractivity contribution is 6.40. The second-order valence-corrected chi connectivity index (χ2v) is 4.64. The lowest BCUT2D eigenvalue weighted by molar-refractivity contribution is -0.136. The van der Waals surface area contributed by atoms with Crippen LogP contribution < -0.4 is 16.4 Å². The van der Waals surface area contributed by atoms with Crippen LogP contribution in [0, 0.1) is 5.82 Å². The standard InChI is InChI=1S/C16H14FN3O3/c17-12-7-3-1-5-10(12)9-19-15(22)16(23)20-13-8-4-2-6-11(13)14(18)21/h1-8H,9H2,(H2,18,21)(H,19,22)(H,20,23). The lowest BCUT2D eigenvalue weighted by Gasteiger charge is -2.09. The van der Waals surface area contributed by atoms with Gasteiger partial charge in [0, 0.05) is 12.1 Å². The van der Waals surface area contributed by atoms with Crippen molar-refractivity contribution >= 4 is 23.4 Å². The zero-order valence-electron chi connectivity index (χ0n) is 12.0. The summed E-state index contributed by atoms with van der Waals surface area (Å²) in [6.45, 7) is -0.129. The first-order valence-electron chi connectivity index (χ1n) is 6.70. The number of carbonyl (C=O) groups is 3. The first kappa shape index (κ1) is 16.2. The van der Waals surface area contributed by atoms with Gasteiger partial charge in [-0.25, -0.2) is 4.39 Å². The third kappa shape index (κ3) is 4.13. The van der Waals surface area contributed by atoms with E-state index in [0.717, 1.165) is 0 Å². The Balaban J connectivity index is 2.00. The molecule has 0 atom stereocenters. The van der Waals surface area contributed by atoms with Crippen LogP contribution in [0.3, 0.4) is 0 Å². The molecule has 0 heterocycles. The maximum Gasteiger partial charge on any atom is 0.313 e. The number of carbonyl (C=O) groups excluding carboxylic acids is 3. The van der Waals surface area contributed by atoms with Crippen LogP contribution in [0.15, 0.2) is 48.5 Å². The van der Waals surface area contributed by atoms with Crippen molar-refractivity contribution in [2.24, 2.45) is 5.73 Å². The van der Waals surface area contributed by atoms with Crippen LogP contribution in [0.2, 0.25) is 0 Å². The van der Waals surface area contributed by atoms with Crippen molar-refractivity contribution in [2.45, 2.75) is 6.54 Å². The van der Waals surface area contributed by atoms with Crippen LogP contribution >= 0.6 is 0 Å². The highest BCUT2D eigenvalue weighted by atomic mass is 19.1. The summed E-state index contributed by atoms with van der Waals surface area (Å²) in [4.78, 5) is 34.8. The van der Waals surface area contributed by atoms with Crippen molar-refractivity contribution in [3.63, 3.8) is 0 Å². The molecule has 0 aliphatic carbocycles. The zero-order valence-corrected chi connectivity index (χ0v) is 12.0. The summed E-state index contributed by atoms with van der Waals surface area (Å²) in [5.74, 6) is -3.14. The molecule has 0 saturated heterocycles. The van der Waals surface area contributed by atoms with E-state index in [0.29, 0.717) is 0 Å². The molecule has 0 unspecified atom stereocenters. The highest BCUT2D eigenvalue weighted by Crippen LogP contribution is 2.14. The van der Waals surface area contributed by atoms with Gasteiger partial charge in [-0.15, -0.1) is 0 Å². The van der Waals surface area contributed by atoms with E-state index < -0.39 is 23.5 Å². The molecule has 0 aliphatic rings.